The van der Waals surface area contributed by atoms with Crippen LogP contribution >= 0.6 is 23.2 Å². The summed E-state index contributed by atoms with van der Waals surface area (Å²) in [6, 6.07) is 14.0. The smallest absolute Gasteiger partial charge is 0.0451 e. The Bertz CT molecular complexity index is 552. The van der Waals surface area contributed by atoms with Crippen LogP contribution < -0.4 is 5.32 Å². The molecule has 0 aromatic heterocycles. The Hall–Kier alpha value is -1.02. The van der Waals surface area contributed by atoms with Crippen LogP contribution in [0.1, 0.15) is 23.6 Å². The topological polar surface area (TPSA) is 12.0 Å². The van der Waals surface area contributed by atoms with Crippen LogP contribution in [0.25, 0.3) is 0 Å². The summed E-state index contributed by atoms with van der Waals surface area (Å²) >= 11 is 12.1. The van der Waals surface area contributed by atoms with Gasteiger partial charge in [0.05, 0.1) is 0 Å². The second-order valence-electron chi connectivity index (χ2n) is 4.46. The molecular formula is C16H17Cl2N. The first kappa shape index (κ1) is 14.4. The monoisotopic (exact) mass is 293 g/mol. The number of benzene rings is 2. The lowest BCUT2D eigenvalue weighted by atomic mass is 10.1. The third kappa shape index (κ3) is 3.97. The van der Waals surface area contributed by atoms with Crippen LogP contribution in [0.2, 0.25) is 10.0 Å². The minimum atomic E-state index is 0.718. The molecule has 2 rings (SSSR count). The summed E-state index contributed by atoms with van der Waals surface area (Å²) in [6.07, 6.45) is 1.05. The molecule has 0 bridgehead atoms. The van der Waals surface area contributed by atoms with Crippen LogP contribution in [0.15, 0.2) is 42.5 Å². The van der Waals surface area contributed by atoms with E-state index >= 15 is 0 Å². The maximum atomic E-state index is 6.14. The summed E-state index contributed by atoms with van der Waals surface area (Å²) < 4.78 is 0. The Morgan fingerprint density at radius 1 is 0.895 bits per heavy atom. The van der Waals surface area contributed by atoms with Crippen LogP contribution in [0, 0.1) is 0 Å². The largest absolute Gasteiger partial charge is 0.309 e. The normalized spacial score (nSPS) is 10.7. The standard InChI is InChI=1S/C16H17Cl2N/c1-2-12-5-3-4-6-13(12)10-19-11-14-9-15(17)7-8-16(14)18/h3-9,19H,2,10-11H2,1H3. The second-order valence-corrected chi connectivity index (χ2v) is 5.31. The van der Waals surface area contributed by atoms with E-state index in [4.69, 9.17) is 23.2 Å². The molecule has 0 spiro atoms. The first-order valence-corrected chi connectivity index (χ1v) is 7.17. The van der Waals surface area contributed by atoms with Gasteiger partial charge in [-0.2, -0.15) is 0 Å². The zero-order valence-corrected chi connectivity index (χ0v) is 12.4. The molecular weight excluding hydrogens is 277 g/mol. The van der Waals surface area contributed by atoms with Gasteiger partial charge < -0.3 is 5.32 Å². The molecule has 0 heterocycles. The minimum Gasteiger partial charge on any atom is -0.309 e. The fourth-order valence-corrected chi connectivity index (χ4v) is 2.46. The van der Waals surface area contributed by atoms with Crippen LogP contribution in [-0.2, 0) is 19.5 Å². The maximum Gasteiger partial charge on any atom is 0.0451 e. The molecule has 0 aliphatic rings. The lowest BCUT2D eigenvalue weighted by Gasteiger charge is -2.10. The molecule has 19 heavy (non-hydrogen) atoms. The Labute approximate surface area is 124 Å². The van der Waals surface area contributed by atoms with Crippen molar-refractivity contribution in [2.75, 3.05) is 0 Å². The molecule has 0 unspecified atom stereocenters. The second kappa shape index (κ2) is 6.95. The summed E-state index contributed by atoms with van der Waals surface area (Å²) in [6.45, 7) is 3.73. The first-order valence-electron chi connectivity index (χ1n) is 6.42. The lowest BCUT2D eigenvalue weighted by molar-refractivity contribution is 0.688. The van der Waals surface area contributed by atoms with Gasteiger partial charge in [0, 0.05) is 23.1 Å². The van der Waals surface area contributed by atoms with Crippen LogP contribution in [0.4, 0.5) is 0 Å². The van der Waals surface area contributed by atoms with E-state index in [0.29, 0.717) is 0 Å². The van der Waals surface area contributed by atoms with E-state index < -0.39 is 0 Å². The van der Waals surface area contributed by atoms with E-state index in [9.17, 15) is 0 Å². The molecule has 0 saturated heterocycles. The highest BCUT2D eigenvalue weighted by Crippen LogP contribution is 2.20. The van der Waals surface area contributed by atoms with Gasteiger partial charge in [-0.05, 0) is 41.3 Å². The van der Waals surface area contributed by atoms with E-state index in [2.05, 4.69) is 36.5 Å². The Morgan fingerprint density at radius 2 is 1.58 bits per heavy atom. The van der Waals surface area contributed by atoms with Gasteiger partial charge in [-0.1, -0.05) is 54.4 Å². The van der Waals surface area contributed by atoms with Crippen LogP contribution in [0.3, 0.4) is 0 Å². The van der Waals surface area contributed by atoms with Gasteiger partial charge in [-0.25, -0.2) is 0 Å². The molecule has 3 heteroatoms. The molecule has 0 saturated carbocycles. The highest BCUT2D eigenvalue weighted by Gasteiger charge is 2.03. The highest BCUT2D eigenvalue weighted by atomic mass is 35.5. The van der Waals surface area contributed by atoms with Gasteiger partial charge >= 0.3 is 0 Å². The maximum absolute atomic E-state index is 6.14. The van der Waals surface area contributed by atoms with Crippen molar-refractivity contribution in [1.82, 2.24) is 5.32 Å². The SMILES string of the molecule is CCc1ccccc1CNCc1cc(Cl)ccc1Cl. The lowest BCUT2D eigenvalue weighted by Crippen LogP contribution is -2.14. The Morgan fingerprint density at radius 3 is 2.32 bits per heavy atom. The predicted octanol–water partition coefficient (Wildman–Crippen LogP) is 4.85. The summed E-state index contributed by atoms with van der Waals surface area (Å²) in [4.78, 5) is 0. The summed E-state index contributed by atoms with van der Waals surface area (Å²) in [5.41, 5.74) is 3.75. The summed E-state index contributed by atoms with van der Waals surface area (Å²) in [7, 11) is 0. The fourth-order valence-electron chi connectivity index (χ4n) is 2.09. The van der Waals surface area contributed by atoms with E-state index in [-0.39, 0.29) is 0 Å². The third-order valence-corrected chi connectivity index (χ3v) is 3.74. The highest BCUT2D eigenvalue weighted by molar-refractivity contribution is 6.33. The molecule has 0 amide bonds. The van der Waals surface area contributed by atoms with Crippen molar-refractivity contribution in [2.45, 2.75) is 26.4 Å². The van der Waals surface area contributed by atoms with Gasteiger partial charge in [0.25, 0.3) is 0 Å². The first-order chi connectivity index (χ1) is 9.20. The molecule has 0 aliphatic carbocycles. The van der Waals surface area contributed by atoms with Crippen LogP contribution in [0.5, 0.6) is 0 Å². The van der Waals surface area contributed by atoms with Gasteiger partial charge in [-0.3, -0.25) is 0 Å². The van der Waals surface area contributed by atoms with Gasteiger partial charge in [0.1, 0.15) is 0 Å². The van der Waals surface area contributed by atoms with Crippen LogP contribution in [-0.4, -0.2) is 0 Å². The van der Waals surface area contributed by atoms with Crippen molar-refractivity contribution in [3.8, 4) is 0 Å². The van der Waals surface area contributed by atoms with E-state index in [0.717, 1.165) is 35.1 Å². The Balaban J connectivity index is 1.98. The third-order valence-electron chi connectivity index (χ3n) is 3.14. The van der Waals surface area contributed by atoms with E-state index in [1.165, 1.54) is 11.1 Å². The molecule has 1 N–H and O–H groups in total. The molecule has 0 atom stereocenters. The van der Waals surface area contributed by atoms with Crippen molar-refractivity contribution < 1.29 is 0 Å². The van der Waals surface area contributed by atoms with Crippen molar-refractivity contribution in [1.29, 1.82) is 0 Å². The molecule has 1 nitrogen and oxygen atoms in total. The number of rotatable bonds is 5. The average Bonchev–Trinajstić information content (AvgIpc) is 2.43. The predicted molar refractivity (Wildman–Crippen MR) is 82.8 cm³/mol. The zero-order valence-electron chi connectivity index (χ0n) is 10.9. The van der Waals surface area contributed by atoms with E-state index in [1.807, 2.05) is 12.1 Å². The number of nitrogens with one attached hydrogen (secondary N) is 1. The molecule has 0 fully saturated rings. The molecule has 0 radical (unpaired) electrons. The summed E-state index contributed by atoms with van der Waals surface area (Å²) in [5.74, 6) is 0. The van der Waals surface area contributed by atoms with Gasteiger partial charge in [0.2, 0.25) is 0 Å². The van der Waals surface area contributed by atoms with E-state index in [1.54, 1.807) is 6.07 Å². The van der Waals surface area contributed by atoms with Crippen molar-refractivity contribution in [3.63, 3.8) is 0 Å². The number of halogens is 2. The minimum absolute atomic E-state index is 0.718. The Kier molecular flexibility index (Phi) is 5.26. The molecule has 2 aromatic rings. The number of hydrogen-bond donors (Lipinski definition) is 1. The van der Waals surface area contributed by atoms with Crippen molar-refractivity contribution >= 4 is 23.2 Å². The molecule has 2 aromatic carbocycles. The number of aryl methyl sites for hydroxylation is 1. The fraction of sp³-hybridized carbons (Fsp3) is 0.250. The van der Waals surface area contributed by atoms with Crippen molar-refractivity contribution in [3.05, 3.63) is 69.2 Å². The average molecular weight is 294 g/mol. The van der Waals surface area contributed by atoms with Gasteiger partial charge in [-0.15, -0.1) is 0 Å². The quantitative estimate of drug-likeness (QED) is 0.831. The zero-order chi connectivity index (χ0) is 13.7. The number of hydrogen-bond acceptors (Lipinski definition) is 1. The molecule has 0 aliphatic heterocycles. The summed E-state index contributed by atoms with van der Waals surface area (Å²) in [5, 5.41) is 4.89. The molecule has 100 valence electrons. The van der Waals surface area contributed by atoms with Crippen molar-refractivity contribution in [2.24, 2.45) is 0 Å². The van der Waals surface area contributed by atoms with Gasteiger partial charge in [0.15, 0.2) is 0 Å².